The van der Waals surface area contributed by atoms with Crippen molar-refractivity contribution in [3.63, 3.8) is 0 Å². The highest BCUT2D eigenvalue weighted by atomic mass is 35.5. The Morgan fingerprint density at radius 2 is 1.80 bits per heavy atom. The minimum atomic E-state index is -3.79. The van der Waals surface area contributed by atoms with Gasteiger partial charge in [0, 0.05) is 6.54 Å². The number of anilines is 1. The number of likely N-dealkylation sites (N-methyl/N-ethyl adjacent to an activating group) is 1. The van der Waals surface area contributed by atoms with Crippen LogP contribution in [0.25, 0.3) is 0 Å². The van der Waals surface area contributed by atoms with Crippen LogP contribution >= 0.6 is 11.6 Å². The van der Waals surface area contributed by atoms with Crippen molar-refractivity contribution in [3.05, 3.63) is 53.6 Å². The van der Waals surface area contributed by atoms with Crippen molar-refractivity contribution < 1.29 is 17.9 Å². The van der Waals surface area contributed by atoms with E-state index >= 15 is 0 Å². The van der Waals surface area contributed by atoms with Crippen molar-refractivity contribution in [3.8, 4) is 5.75 Å². The number of rotatable bonds is 7. The molecule has 0 aliphatic carbocycles. The Morgan fingerprint density at radius 1 is 1.16 bits per heavy atom. The summed E-state index contributed by atoms with van der Waals surface area (Å²) in [4.78, 5) is 12.3. The Balaban J connectivity index is 2.14. The van der Waals surface area contributed by atoms with Gasteiger partial charge in [-0.1, -0.05) is 30.7 Å². The number of amides is 1. The molecule has 1 amide bonds. The van der Waals surface area contributed by atoms with Crippen molar-refractivity contribution in [1.82, 2.24) is 4.31 Å². The van der Waals surface area contributed by atoms with E-state index < -0.39 is 15.9 Å². The Morgan fingerprint density at radius 3 is 2.36 bits per heavy atom. The molecule has 0 saturated carbocycles. The first-order chi connectivity index (χ1) is 11.9. The number of nitrogens with one attached hydrogen (secondary N) is 1. The molecule has 25 heavy (non-hydrogen) atoms. The molecule has 0 saturated heterocycles. The number of benzene rings is 2. The molecule has 0 unspecified atom stereocenters. The van der Waals surface area contributed by atoms with E-state index in [4.69, 9.17) is 16.3 Å². The largest absolute Gasteiger partial charge is 0.497 e. The van der Waals surface area contributed by atoms with Gasteiger partial charge < -0.3 is 10.1 Å². The van der Waals surface area contributed by atoms with E-state index in [2.05, 4.69) is 5.32 Å². The van der Waals surface area contributed by atoms with Gasteiger partial charge in [0.25, 0.3) is 0 Å². The van der Waals surface area contributed by atoms with Crippen LogP contribution in [-0.4, -0.2) is 38.8 Å². The molecular weight excluding hydrogens is 364 g/mol. The summed E-state index contributed by atoms with van der Waals surface area (Å²) in [7, 11) is -2.29. The number of carbonyl (C=O) groups excluding carboxylic acids is 1. The molecular formula is C17H19ClN2O4S. The molecule has 2 rings (SSSR count). The van der Waals surface area contributed by atoms with Gasteiger partial charge in [0.15, 0.2) is 0 Å². The van der Waals surface area contributed by atoms with Crippen LogP contribution in [0.5, 0.6) is 5.75 Å². The van der Waals surface area contributed by atoms with Crippen LogP contribution in [0.2, 0.25) is 5.02 Å². The summed E-state index contributed by atoms with van der Waals surface area (Å²) in [6, 6.07) is 12.8. The summed E-state index contributed by atoms with van der Waals surface area (Å²) in [6.07, 6.45) is 0. The van der Waals surface area contributed by atoms with Gasteiger partial charge in [-0.2, -0.15) is 4.31 Å². The fourth-order valence-electron chi connectivity index (χ4n) is 2.18. The summed E-state index contributed by atoms with van der Waals surface area (Å²) in [6.45, 7) is 1.52. The zero-order valence-corrected chi connectivity index (χ0v) is 15.5. The van der Waals surface area contributed by atoms with Crippen molar-refractivity contribution in [2.75, 3.05) is 25.5 Å². The molecule has 0 spiro atoms. The number of sulfonamides is 1. The summed E-state index contributed by atoms with van der Waals surface area (Å²) in [5, 5.41) is 3.01. The van der Waals surface area contributed by atoms with Gasteiger partial charge in [0.2, 0.25) is 15.9 Å². The highest BCUT2D eigenvalue weighted by molar-refractivity contribution is 7.89. The SMILES string of the molecule is CCN(CC(=O)Nc1ccccc1Cl)S(=O)(=O)c1ccc(OC)cc1. The summed E-state index contributed by atoms with van der Waals surface area (Å²) in [5.74, 6) is 0.0884. The first-order valence-electron chi connectivity index (χ1n) is 7.57. The molecule has 0 fully saturated rings. The number of carbonyl (C=O) groups is 1. The van der Waals surface area contributed by atoms with Crippen LogP contribution in [0.3, 0.4) is 0 Å². The Kier molecular flexibility index (Phi) is 6.41. The third-order valence-electron chi connectivity index (χ3n) is 3.52. The van der Waals surface area contributed by atoms with Gasteiger partial charge in [0.05, 0.1) is 29.3 Å². The van der Waals surface area contributed by atoms with Crippen LogP contribution in [0.4, 0.5) is 5.69 Å². The number of hydrogen-bond acceptors (Lipinski definition) is 4. The molecule has 0 radical (unpaired) electrons. The van der Waals surface area contributed by atoms with Crippen LogP contribution in [0.1, 0.15) is 6.92 Å². The average molecular weight is 383 g/mol. The number of nitrogens with zero attached hydrogens (tertiary/aromatic N) is 1. The monoisotopic (exact) mass is 382 g/mol. The smallest absolute Gasteiger partial charge is 0.243 e. The Bertz CT molecular complexity index is 838. The van der Waals surface area contributed by atoms with Gasteiger partial charge in [-0.15, -0.1) is 0 Å². The Hall–Kier alpha value is -2.09. The van der Waals surface area contributed by atoms with Gasteiger partial charge in [0.1, 0.15) is 5.75 Å². The molecule has 2 aromatic rings. The fourth-order valence-corrected chi connectivity index (χ4v) is 3.76. The Labute approximate surface area is 152 Å². The molecule has 134 valence electrons. The second-order valence-electron chi connectivity index (χ2n) is 5.13. The lowest BCUT2D eigenvalue weighted by Gasteiger charge is -2.20. The molecule has 6 nitrogen and oxygen atoms in total. The molecule has 1 N–H and O–H groups in total. The molecule has 0 aliphatic heterocycles. The van der Waals surface area contributed by atoms with E-state index in [-0.39, 0.29) is 18.0 Å². The molecule has 0 heterocycles. The number of para-hydroxylation sites is 1. The van der Waals surface area contributed by atoms with Crippen LogP contribution in [-0.2, 0) is 14.8 Å². The van der Waals surface area contributed by atoms with Gasteiger partial charge in [-0.25, -0.2) is 8.42 Å². The zero-order valence-electron chi connectivity index (χ0n) is 13.9. The molecule has 8 heteroatoms. The minimum absolute atomic E-state index is 0.0979. The van der Waals surface area contributed by atoms with Crippen molar-refractivity contribution in [1.29, 1.82) is 0 Å². The lowest BCUT2D eigenvalue weighted by atomic mass is 10.3. The number of methoxy groups -OCH3 is 1. The fraction of sp³-hybridized carbons (Fsp3) is 0.235. The summed E-state index contributed by atoms with van der Waals surface area (Å²) in [5.41, 5.74) is 0.437. The van der Waals surface area contributed by atoms with Crippen molar-refractivity contribution in [2.24, 2.45) is 0 Å². The number of halogens is 1. The first-order valence-corrected chi connectivity index (χ1v) is 9.39. The second kappa shape index (κ2) is 8.33. The molecule has 2 aromatic carbocycles. The predicted octanol–water partition coefficient (Wildman–Crippen LogP) is 3.00. The van der Waals surface area contributed by atoms with Crippen molar-refractivity contribution in [2.45, 2.75) is 11.8 Å². The van der Waals surface area contributed by atoms with Gasteiger partial charge in [-0.3, -0.25) is 4.79 Å². The topological polar surface area (TPSA) is 75.7 Å². The maximum atomic E-state index is 12.7. The van der Waals surface area contributed by atoms with E-state index in [1.807, 2.05) is 0 Å². The predicted molar refractivity (Wildman–Crippen MR) is 97.5 cm³/mol. The standard InChI is InChI=1S/C17H19ClN2O4S/c1-3-20(12-17(21)19-16-7-5-4-6-15(16)18)25(22,23)14-10-8-13(24-2)9-11-14/h4-11H,3,12H2,1-2H3,(H,19,21). The molecule has 0 aromatic heterocycles. The maximum absolute atomic E-state index is 12.7. The normalized spacial score (nSPS) is 11.4. The van der Waals surface area contributed by atoms with Crippen molar-refractivity contribution >= 4 is 33.2 Å². The summed E-state index contributed by atoms with van der Waals surface area (Å²) >= 11 is 5.99. The third-order valence-corrected chi connectivity index (χ3v) is 5.78. The average Bonchev–Trinajstić information content (AvgIpc) is 2.61. The van der Waals surface area contributed by atoms with E-state index in [9.17, 15) is 13.2 Å². The second-order valence-corrected chi connectivity index (χ2v) is 7.48. The highest BCUT2D eigenvalue weighted by Gasteiger charge is 2.25. The van der Waals surface area contributed by atoms with E-state index in [1.165, 1.54) is 19.2 Å². The van der Waals surface area contributed by atoms with Crippen LogP contribution in [0.15, 0.2) is 53.4 Å². The first kappa shape index (κ1) is 19.2. The van der Waals surface area contributed by atoms with Gasteiger partial charge in [-0.05, 0) is 36.4 Å². The lowest BCUT2D eigenvalue weighted by molar-refractivity contribution is -0.116. The third kappa shape index (κ3) is 4.72. The number of ether oxygens (including phenoxy) is 1. The van der Waals surface area contributed by atoms with E-state index in [1.54, 1.807) is 43.3 Å². The van der Waals surface area contributed by atoms with E-state index in [0.29, 0.717) is 16.5 Å². The highest BCUT2D eigenvalue weighted by Crippen LogP contribution is 2.22. The van der Waals surface area contributed by atoms with Gasteiger partial charge >= 0.3 is 0 Å². The quantitative estimate of drug-likeness (QED) is 0.798. The minimum Gasteiger partial charge on any atom is -0.497 e. The van der Waals surface area contributed by atoms with E-state index in [0.717, 1.165) is 4.31 Å². The molecule has 0 aliphatic rings. The zero-order chi connectivity index (χ0) is 18.4. The molecule has 0 bridgehead atoms. The van der Waals surface area contributed by atoms with Crippen LogP contribution < -0.4 is 10.1 Å². The maximum Gasteiger partial charge on any atom is 0.243 e. The summed E-state index contributed by atoms with van der Waals surface area (Å²) < 4.78 is 31.5. The lowest BCUT2D eigenvalue weighted by Crippen LogP contribution is -2.37. The molecule has 0 atom stereocenters. The number of hydrogen-bond donors (Lipinski definition) is 1. The van der Waals surface area contributed by atoms with Crippen LogP contribution in [0, 0.1) is 0 Å².